The fourth-order valence-corrected chi connectivity index (χ4v) is 2.32. The Balaban J connectivity index is 1.79. The van der Waals surface area contributed by atoms with Crippen molar-refractivity contribution in [3.63, 3.8) is 0 Å². The van der Waals surface area contributed by atoms with Crippen LogP contribution in [0.4, 0.5) is 5.82 Å². The topological polar surface area (TPSA) is 55.1 Å². The van der Waals surface area contributed by atoms with Gasteiger partial charge in [-0.1, -0.05) is 35.5 Å². The summed E-state index contributed by atoms with van der Waals surface area (Å²) in [7, 11) is 2.03. The minimum atomic E-state index is 0.507. The van der Waals surface area contributed by atoms with Gasteiger partial charge in [0.15, 0.2) is 5.82 Å². The molecule has 0 N–H and O–H groups in total. The van der Waals surface area contributed by atoms with Crippen LogP contribution in [0.25, 0.3) is 11.5 Å². The average molecular weight is 294 g/mol. The molecule has 3 aromatic rings. The van der Waals surface area contributed by atoms with Gasteiger partial charge in [0, 0.05) is 19.8 Å². The molecule has 1 aromatic carbocycles. The summed E-state index contributed by atoms with van der Waals surface area (Å²) >= 11 is 0. The minimum absolute atomic E-state index is 0.507. The third-order valence-corrected chi connectivity index (χ3v) is 3.48. The molecule has 5 nitrogen and oxygen atoms in total. The zero-order valence-corrected chi connectivity index (χ0v) is 12.7. The van der Waals surface area contributed by atoms with E-state index in [9.17, 15) is 0 Å². The number of hydrogen-bond acceptors (Lipinski definition) is 5. The first-order valence-corrected chi connectivity index (χ1v) is 7.25. The van der Waals surface area contributed by atoms with E-state index in [-0.39, 0.29) is 0 Å². The fraction of sp³-hybridized carbons (Fsp3) is 0.235. The molecule has 0 radical (unpaired) electrons. The number of likely N-dealkylation sites (N-methyl/N-ethyl adjacent to an activating group) is 1. The summed E-state index contributed by atoms with van der Waals surface area (Å²) in [6.45, 7) is 2.67. The predicted molar refractivity (Wildman–Crippen MR) is 85.7 cm³/mol. The Morgan fingerprint density at radius 1 is 1.09 bits per heavy atom. The Morgan fingerprint density at radius 2 is 1.91 bits per heavy atom. The lowest BCUT2D eigenvalue weighted by molar-refractivity contribution is 0.425. The van der Waals surface area contributed by atoms with Gasteiger partial charge in [0.1, 0.15) is 5.82 Å². The molecule has 2 heterocycles. The van der Waals surface area contributed by atoms with Crippen LogP contribution >= 0.6 is 0 Å². The third kappa shape index (κ3) is 3.14. The van der Waals surface area contributed by atoms with Gasteiger partial charge in [0.2, 0.25) is 0 Å². The summed E-state index contributed by atoms with van der Waals surface area (Å²) in [6, 6.07) is 14.2. The Bertz CT molecular complexity index is 739. The number of aromatic nitrogens is 3. The summed E-state index contributed by atoms with van der Waals surface area (Å²) in [5, 5.41) is 3.85. The van der Waals surface area contributed by atoms with E-state index in [0.29, 0.717) is 11.7 Å². The van der Waals surface area contributed by atoms with Crippen LogP contribution in [0.5, 0.6) is 0 Å². The van der Waals surface area contributed by atoms with E-state index in [1.54, 1.807) is 6.20 Å². The van der Waals surface area contributed by atoms with Crippen LogP contribution in [0.1, 0.15) is 11.4 Å². The van der Waals surface area contributed by atoms with E-state index in [2.05, 4.69) is 44.3 Å². The maximum Gasteiger partial charge on any atom is 0.261 e. The number of benzene rings is 1. The molecule has 0 aliphatic rings. The second kappa shape index (κ2) is 6.39. The Hall–Kier alpha value is -2.69. The van der Waals surface area contributed by atoms with E-state index < -0.39 is 0 Å². The van der Waals surface area contributed by atoms with E-state index in [4.69, 9.17) is 4.52 Å². The molecule has 0 atom stereocenters. The van der Waals surface area contributed by atoms with Gasteiger partial charge in [-0.25, -0.2) is 4.98 Å². The van der Waals surface area contributed by atoms with Gasteiger partial charge in [-0.3, -0.25) is 0 Å². The average Bonchev–Trinajstić information content (AvgIpc) is 3.00. The first-order valence-electron chi connectivity index (χ1n) is 7.25. The highest BCUT2D eigenvalue weighted by atomic mass is 16.5. The third-order valence-electron chi connectivity index (χ3n) is 3.48. The molecule has 0 aliphatic carbocycles. The van der Waals surface area contributed by atoms with E-state index in [0.717, 1.165) is 24.3 Å². The molecule has 0 bridgehead atoms. The molecule has 22 heavy (non-hydrogen) atoms. The summed E-state index contributed by atoms with van der Waals surface area (Å²) in [5.41, 5.74) is 2.17. The molecule has 2 aromatic heterocycles. The number of rotatable bonds is 5. The second-order valence-corrected chi connectivity index (χ2v) is 5.18. The molecule has 0 spiro atoms. The maximum atomic E-state index is 5.28. The van der Waals surface area contributed by atoms with Gasteiger partial charge in [0.05, 0.1) is 5.56 Å². The molecule has 0 saturated heterocycles. The normalized spacial score (nSPS) is 10.6. The highest BCUT2D eigenvalue weighted by molar-refractivity contribution is 5.69. The van der Waals surface area contributed by atoms with E-state index >= 15 is 0 Å². The lowest BCUT2D eigenvalue weighted by Crippen LogP contribution is -2.22. The van der Waals surface area contributed by atoms with Gasteiger partial charge < -0.3 is 9.42 Å². The molecule has 0 fully saturated rings. The first kappa shape index (κ1) is 14.3. The van der Waals surface area contributed by atoms with Crippen LogP contribution in [0, 0.1) is 6.92 Å². The molecule has 0 saturated carbocycles. The largest absolute Gasteiger partial charge is 0.359 e. The lowest BCUT2D eigenvalue weighted by atomic mass is 10.1. The number of nitrogens with zero attached hydrogens (tertiary/aromatic N) is 4. The van der Waals surface area contributed by atoms with Gasteiger partial charge in [0.25, 0.3) is 5.89 Å². The SMILES string of the molecule is Cc1noc(-c2cccnc2N(C)CCc2ccccc2)n1. The molecule has 112 valence electrons. The van der Waals surface area contributed by atoms with Crippen molar-refractivity contribution in [2.45, 2.75) is 13.3 Å². The number of aryl methyl sites for hydroxylation is 1. The maximum absolute atomic E-state index is 5.28. The summed E-state index contributed by atoms with van der Waals surface area (Å²) in [5.74, 6) is 1.98. The number of pyridine rings is 1. The van der Waals surface area contributed by atoms with Crippen LogP contribution in [-0.2, 0) is 6.42 Å². The van der Waals surface area contributed by atoms with Gasteiger partial charge >= 0.3 is 0 Å². The van der Waals surface area contributed by atoms with Crippen LogP contribution in [0.2, 0.25) is 0 Å². The Morgan fingerprint density at radius 3 is 2.64 bits per heavy atom. The molecule has 3 rings (SSSR count). The van der Waals surface area contributed by atoms with Crippen molar-refractivity contribution in [3.05, 3.63) is 60.0 Å². The highest BCUT2D eigenvalue weighted by Gasteiger charge is 2.15. The van der Waals surface area contributed by atoms with Crippen molar-refractivity contribution in [3.8, 4) is 11.5 Å². The molecule has 0 unspecified atom stereocenters. The molecule has 0 aliphatic heterocycles. The second-order valence-electron chi connectivity index (χ2n) is 5.18. The summed E-state index contributed by atoms with van der Waals surface area (Å²) in [4.78, 5) is 10.9. The summed E-state index contributed by atoms with van der Waals surface area (Å²) in [6.07, 6.45) is 2.73. The quantitative estimate of drug-likeness (QED) is 0.723. The van der Waals surface area contributed by atoms with Crippen molar-refractivity contribution >= 4 is 5.82 Å². The fourth-order valence-electron chi connectivity index (χ4n) is 2.32. The minimum Gasteiger partial charge on any atom is -0.359 e. The van der Waals surface area contributed by atoms with Crippen LogP contribution < -0.4 is 4.90 Å². The smallest absolute Gasteiger partial charge is 0.261 e. The highest BCUT2D eigenvalue weighted by Crippen LogP contribution is 2.26. The molecular formula is C17H18N4O. The Labute approximate surface area is 129 Å². The zero-order chi connectivity index (χ0) is 15.4. The predicted octanol–water partition coefficient (Wildman–Crippen LogP) is 3.12. The molecule has 5 heteroatoms. The number of hydrogen-bond donors (Lipinski definition) is 0. The van der Waals surface area contributed by atoms with Gasteiger partial charge in [-0.2, -0.15) is 4.98 Å². The van der Waals surface area contributed by atoms with Crippen LogP contribution in [-0.4, -0.2) is 28.7 Å². The first-order chi connectivity index (χ1) is 10.7. The van der Waals surface area contributed by atoms with Crippen molar-refractivity contribution in [1.29, 1.82) is 0 Å². The molecular weight excluding hydrogens is 276 g/mol. The monoisotopic (exact) mass is 294 g/mol. The lowest BCUT2D eigenvalue weighted by Gasteiger charge is -2.19. The summed E-state index contributed by atoms with van der Waals surface area (Å²) < 4.78 is 5.28. The van der Waals surface area contributed by atoms with Crippen molar-refractivity contribution in [2.75, 3.05) is 18.5 Å². The van der Waals surface area contributed by atoms with Crippen molar-refractivity contribution < 1.29 is 4.52 Å². The number of anilines is 1. The molecule has 0 amide bonds. The van der Waals surface area contributed by atoms with Crippen LogP contribution in [0.15, 0.2) is 53.2 Å². The van der Waals surface area contributed by atoms with Gasteiger partial charge in [-0.15, -0.1) is 0 Å². The van der Waals surface area contributed by atoms with Gasteiger partial charge in [-0.05, 0) is 31.0 Å². The van der Waals surface area contributed by atoms with E-state index in [1.165, 1.54) is 5.56 Å². The van der Waals surface area contributed by atoms with Crippen LogP contribution in [0.3, 0.4) is 0 Å². The van der Waals surface area contributed by atoms with Crippen molar-refractivity contribution in [1.82, 2.24) is 15.1 Å². The Kier molecular flexibility index (Phi) is 4.14. The van der Waals surface area contributed by atoms with Crippen molar-refractivity contribution in [2.24, 2.45) is 0 Å². The zero-order valence-electron chi connectivity index (χ0n) is 12.7. The standard InChI is InChI=1S/C17H18N4O/c1-13-19-17(22-20-13)15-9-6-11-18-16(15)21(2)12-10-14-7-4-3-5-8-14/h3-9,11H,10,12H2,1-2H3. The van der Waals surface area contributed by atoms with E-state index in [1.807, 2.05) is 32.2 Å².